The predicted molar refractivity (Wildman–Crippen MR) is 108 cm³/mol. The van der Waals surface area contributed by atoms with Crippen LogP contribution in [0, 0.1) is 23.7 Å². The molecule has 3 heterocycles. The molecule has 3 rings (SSSR count). The summed E-state index contributed by atoms with van der Waals surface area (Å²) in [5.74, 6) is -7.41. The van der Waals surface area contributed by atoms with E-state index in [1.807, 2.05) is 0 Å². The molecule has 2 bridgehead atoms. The number of hydrogen-bond donors (Lipinski definition) is 3. The van der Waals surface area contributed by atoms with E-state index in [1.54, 1.807) is 13.8 Å². The number of alkyl halides is 2. The zero-order chi connectivity index (χ0) is 26.7. The third-order valence-corrected chi connectivity index (χ3v) is 8.24. The van der Waals surface area contributed by atoms with Gasteiger partial charge < -0.3 is 29.2 Å². The van der Waals surface area contributed by atoms with Crippen molar-refractivity contribution in [2.45, 2.75) is 82.1 Å². The standard InChI is InChI=1S/C20H28F2O12S/c1-5-19(27,6-2)10-9-11-13(33-17(9)25)14(12(10)31-11)32-15(23)7(3)8(4)16(24)34-18(26)20(21,22)35(28,29)30/h7-14,18,26-27H,5-6H2,1-4H3,(H,28,29,30). The van der Waals surface area contributed by atoms with Crippen LogP contribution in [-0.2, 0) is 43.4 Å². The van der Waals surface area contributed by atoms with E-state index in [4.69, 9.17) is 18.8 Å². The van der Waals surface area contributed by atoms with Gasteiger partial charge in [-0.2, -0.15) is 17.2 Å². The van der Waals surface area contributed by atoms with Crippen molar-refractivity contribution in [2.24, 2.45) is 23.7 Å². The van der Waals surface area contributed by atoms with Crippen molar-refractivity contribution in [1.29, 1.82) is 0 Å². The fraction of sp³-hybridized carbons (Fsp3) is 0.850. The lowest BCUT2D eigenvalue weighted by Crippen LogP contribution is -2.54. The summed E-state index contributed by atoms with van der Waals surface area (Å²) in [6, 6.07) is 0. The van der Waals surface area contributed by atoms with Crippen LogP contribution in [0.3, 0.4) is 0 Å². The highest BCUT2D eigenvalue weighted by Gasteiger charge is 2.73. The van der Waals surface area contributed by atoms with Crippen molar-refractivity contribution in [1.82, 2.24) is 0 Å². The van der Waals surface area contributed by atoms with Gasteiger partial charge in [0.1, 0.15) is 12.2 Å². The van der Waals surface area contributed by atoms with Crippen LogP contribution in [-0.4, -0.2) is 82.7 Å². The lowest BCUT2D eigenvalue weighted by Gasteiger charge is -2.39. The second-order valence-electron chi connectivity index (χ2n) is 9.13. The number of carbonyl (C=O) groups excluding carboxylic acids is 3. The van der Waals surface area contributed by atoms with Crippen molar-refractivity contribution >= 4 is 28.0 Å². The van der Waals surface area contributed by atoms with E-state index in [0.717, 1.165) is 6.92 Å². The molecule has 12 nitrogen and oxygen atoms in total. The molecule has 0 radical (unpaired) electrons. The summed E-state index contributed by atoms with van der Waals surface area (Å²) in [5, 5.41) is 15.2. The number of aliphatic hydroxyl groups is 2. The van der Waals surface area contributed by atoms with Crippen LogP contribution in [0.5, 0.6) is 0 Å². The van der Waals surface area contributed by atoms with E-state index < -0.39 is 93.3 Å². The lowest BCUT2D eigenvalue weighted by molar-refractivity contribution is -0.211. The molecule has 0 amide bonds. The first-order valence-corrected chi connectivity index (χ1v) is 12.5. The molecular weight excluding hydrogens is 502 g/mol. The average Bonchev–Trinajstić information content (AvgIpc) is 3.40. The Kier molecular flexibility index (Phi) is 7.25. The molecule has 200 valence electrons. The highest BCUT2D eigenvalue weighted by molar-refractivity contribution is 7.86. The molecule has 15 heteroatoms. The van der Waals surface area contributed by atoms with Gasteiger partial charge in [0.15, 0.2) is 12.2 Å². The largest absolute Gasteiger partial charge is 0.455 e. The number of rotatable bonds is 10. The fourth-order valence-corrected chi connectivity index (χ4v) is 5.19. The predicted octanol–water partition coefficient (Wildman–Crippen LogP) is 0.00250. The molecule has 3 fully saturated rings. The number of carbonyl (C=O) groups is 3. The molecule has 35 heavy (non-hydrogen) atoms. The molecule has 3 aliphatic rings. The van der Waals surface area contributed by atoms with Gasteiger partial charge in [-0.3, -0.25) is 18.9 Å². The first-order chi connectivity index (χ1) is 16.0. The summed E-state index contributed by atoms with van der Waals surface area (Å²) >= 11 is 0. The second-order valence-corrected chi connectivity index (χ2v) is 10.6. The molecule has 9 atom stereocenters. The molecule has 0 aromatic rings. The summed E-state index contributed by atoms with van der Waals surface area (Å²) in [5.41, 5.74) is -1.29. The average molecular weight is 530 g/mol. The molecule has 3 saturated heterocycles. The maximum atomic E-state index is 13.4. The van der Waals surface area contributed by atoms with Crippen LogP contribution < -0.4 is 0 Å². The SMILES string of the molecule is CCC(O)(CC)C1C2OC3C(OC(=O)C31)C2OC(=O)C(C)C(C)C(=O)OC(O)C(F)(F)S(=O)(=O)O. The highest BCUT2D eigenvalue weighted by Crippen LogP contribution is 2.55. The summed E-state index contributed by atoms with van der Waals surface area (Å²) in [4.78, 5) is 37.4. The monoisotopic (exact) mass is 530 g/mol. The number of halogens is 2. The topological polar surface area (TPSA) is 183 Å². The third kappa shape index (κ3) is 4.41. The molecular formula is C20H28F2O12S. The van der Waals surface area contributed by atoms with Crippen LogP contribution in [0.1, 0.15) is 40.5 Å². The Morgan fingerprint density at radius 3 is 2.14 bits per heavy atom. The van der Waals surface area contributed by atoms with Gasteiger partial charge in [0.05, 0.1) is 23.4 Å². The maximum absolute atomic E-state index is 13.4. The number of hydrogen-bond acceptors (Lipinski definition) is 11. The summed E-state index contributed by atoms with van der Waals surface area (Å²) in [6.45, 7) is 5.77. The minimum Gasteiger partial charge on any atom is -0.455 e. The number of ether oxygens (including phenoxy) is 4. The molecule has 0 aromatic carbocycles. The Morgan fingerprint density at radius 1 is 1.09 bits per heavy atom. The van der Waals surface area contributed by atoms with Gasteiger partial charge in [0, 0.05) is 5.92 Å². The third-order valence-electron chi connectivity index (χ3n) is 7.35. The van der Waals surface area contributed by atoms with Crippen molar-refractivity contribution in [3.63, 3.8) is 0 Å². The highest BCUT2D eigenvalue weighted by atomic mass is 32.2. The molecule has 0 aromatic heterocycles. The maximum Gasteiger partial charge on any atom is 0.430 e. The zero-order valence-corrected chi connectivity index (χ0v) is 20.1. The van der Waals surface area contributed by atoms with Gasteiger partial charge in [0.2, 0.25) is 0 Å². The molecule has 3 aliphatic heterocycles. The van der Waals surface area contributed by atoms with Gasteiger partial charge in [-0.05, 0) is 12.8 Å². The van der Waals surface area contributed by atoms with Crippen LogP contribution in [0.2, 0.25) is 0 Å². The Balaban J connectivity index is 1.70. The molecule has 0 saturated carbocycles. The minimum absolute atomic E-state index is 0.297. The first kappa shape index (κ1) is 27.6. The zero-order valence-electron chi connectivity index (χ0n) is 19.3. The lowest BCUT2D eigenvalue weighted by atomic mass is 9.67. The quantitative estimate of drug-likeness (QED) is 0.149. The summed E-state index contributed by atoms with van der Waals surface area (Å²) < 4.78 is 77.5. The number of esters is 3. The van der Waals surface area contributed by atoms with E-state index >= 15 is 0 Å². The van der Waals surface area contributed by atoms with E-state index in [9.17, 15) is 41.8 Å². The van der Waals surface area contributed by atoms with Crippen LogP contribution in [0.15, 0.2) is 0 Å². The van der Waals surface area contributed by atoms with Crippen molar-refractivity contribution in [3.05, 3.63) is 0 Å². The van der Waals surface area contributed by atoms with Gasteiger partial charge in [-0.15, -0.1) is 0 Å². The summed E-state index contributed by atoms with van der Waals surface area (Å²) in [7, 11) is -6.09. The van der Waals surface area contributed by atoms with Gasteiger partial charge in [0.25, 0.3) is 6.29 Å². The van der Waals surface area contributed by atoms with Gasteiger partial charge >= 0.3 is 33.3 Å². The second kappa shape index (κ2) is 9.18. The molecule has 9 unspecified atom stereocenters. The van der Waals surface area contributed by atoms with Crippen molar-refractivity contribution in [3.8, 4) is 0 Å². The van der Waals surface area contributed by atoms with E-state index in [2.05, 4.69) is 4.74 Å². The van der Waals surface area contributed by atoms with Crippen molar-refractivity contribution in [2.75, 3.05) is 0 Å². The number of fused-ring (bicyclic) bond motifs is 1. The Morgan fingerprint density at radius 2 is 1.63 bits per heavy atom. The van der Waals surface area contributed by atoms with E-state index in [1.165, 1.54) is 6.92 Å². The Bertz CT molecular complexity index is 981. The number of aliphatic hydroxyl groups excluding tert-OH is 1. The normalized spacial score (nSPS) is 32.7. The smallest absolute Gasteiger partial charge is 0.430 e. The fourth-order valence-electron chi connectivity index (χ4n) is 4.88. The van der Waals surface area contributed by atoms with Crippen LogP contribution in [0.4, 0.5) is 8.78 Å². The van der Waals surface area contributed by atoms with Gasteiger partial charge in [-0.1, -0.05) is 27.7 Å². The molecule has 0 spiro atoms. The first-order valence-electron chi connectivity index (χ1n) is 11.0. The summed E-state index contributed by atoms with van der Waals surface area (Å²) in [6.07, 6.45) is -6.52. The minimum atomic E-state index is -6.09. The Hall–Kier alpha value is -1.94. The van der Waals surface area contributed by atoms with E-state index in [-0.39, 0.29) is 0 Å². The van der Waals surface area contributed by atoms with Crippen LogP contribution >= 0.6 is 0 Å². The van der Waals surface area contributed by atoms with Crippen LogP contribution in [0.25, 0.3) is 0 Å². The Labute approximate surface area is 199 Å². The molecule has 3 N–H and O–H groups in total. The van der Waals surface area contributed by atoms with E-state index in [0.29, 0.717) is 12.8 Å². The van der Waals surface area contributed by atoms with Gasteiger partial charge in [-0.25, -0.2) is 0 Å². The molecule has 0 aliphatic carbocycles. The van der Waals surface area contributed by atoms with Crippen molar-refractivity contribution < 1.29 is 65.3 Å².